The number of phosphoric ester groups is 1. The van der Waals surface area contributed by atoms with Crippen LogP contribution in [0.2, 0.25) is 0 Å². The highest BCUT2D eigenvalue weighted by molar-refractivity contribution is 7.47. The Kier molecular flexibility index (Phi) is 43.2. The Morgan fingerprint density at radius 1 is 0.451 bits per heavy atom. The molecule has 6 atom stereocenters. The first-order chi connectivity index (χ1) is 34.4. The molecule has 0 bridgehead atoms. The molecule has 0 aromatic rings. The van der Waals surface area contributed by atoms with Crippen molar-refractivity contribution < 1.29 is 63.1 Å². The van der Waals surface area contributed by atoms with Crippen molar-refractivity contribution >= 4 is 19.8 Å². The highest BCUT2D eigenvalue weighted by Crippen LogP contribution is 2.47. The van der Waals surface area contributed by atoms with Gasteiger partial charge >= 0.3 is 19.8 Å². The molecule has 1 aliphatic rings. The molecule has 1 saturated carbocycles. The van der Waals surface area contributed by atoms with Gasteiger partial charge in [-0.1, -0.05) is 222 Å². The number of aliphatic hydroxyl groups is 5. The molecule has 0 spiro atoms. The van der Waals surface area contributed by atoms with Crippen LogP contribution in [0.5, 0.6) is 0 Å². The lowest BCUT2D eigenvalue weighted by Crippen LogP contribution is -2.64. The summed E-state index contributed by atoms with van der Waals surface area (Å²) in [7, 11) is -5.14. The van der Waals surface area contributed by atoms with Gasteiger partial charge in [0.05, 0.1) is 6.61 Å². The molecular formula is C57H101O13P. The second-order valence-corrected chi connectivity index (χ2v) is 20.8. The van der Waals surface area contributed by atoms with Crippen LogP contribution in [-0.4, -0.2) is 98.3 Å². The summed E-state index contributed by atoms with van der Waals surface area (Å²) >= 11 is 0. The standard InChI is InChI=1S/C57H101O13P/c1-3-5-7-9-11-13-15-17-19-21-23-24-25-26-28-29-31-33-35-37-39-41-43-45-50(58)67-47-49(48-68-71(65,66)70-57-55(63)53(61)52(60)54(62)56(57)64)69-51(59)46-44-42-40-38-36-34-32-30-27-22-20-18-16-14-12-10-8-6-4-2/h6,8,12,14,18,20,27,30,34,36,49,52-57,60-64H,3-5,7,9-11,13,15-17,19,21-26,28-29,31-33,35,37-48H2,1-2H3,(H,65,66)/b8-6-,14-12-,20-18-,30-27-,36-34-. The van der Waals surface area contributed by atoms with Crippen molar-refractivity contribution in [3.05, 3.63) is 60.8 Å². The predicted molar refractivity (Wildman–Crippen MR) is 286 cm³/mol. The van der Waals surface area contributed by atoms with Crippen LogP contribution >= 0.6 is 7.82 Å². The lowest BCUT2D eigenvalue weighted by Gasteiger charge is -2.41. The second-order valence-electron chi connectivity index (χ2n) is 19.4. The van der Waals surface area contributed by atoms with Crippen LogP contribution in [0.3, 0.4) is 0 Å². The van der Waals surface area contributed by atoms with Gasteiger partial charge in [0.15, 0.2) is 6.10 Å². The summed E-state index contributed by atoms with van der Waals surface area (Å²) in [6.45, 7) is 3.20. The van der Waals surface area contributed by atoms with E-state index in [1.54, 1.807) is 0 Å². The van der Waals surface area contributed by atoms with E-state index >= 15 is 0 Å². The molecule has 71 heavy (non-hydrogen) atoms. The normalized spacial score (nSPS) is 21.1. The highest BCUT2D eigenvalue weighted by atomic mass is 31.2. The maximum atomic E-state index is 12.9. The van der Waals surface area contributed by atoms with E-state index in [0.29, 0.717) is 12.8 Å². The summed E-state index contributed by atoms with van der Waals surface area (Å²) in [5, 5.41) is 50.4. The van der Waals surface area contributed by atoms with Crippen molar-refractivity contribution in [2.75, 3.05) is 13.2 Å². The zero-order valence-electron chi connectivity index (χ0n) is 44.3. The van der Waals surface area contributed by atoms with E-state index in [4.69, 9.17) is 18.5 Å². The number of phosphoric acid groups is 1. The van der Waals surface area contributed by atoms with E-state index in [2.05, 4.69) is 74.6 Å². The third-order valence-corrected chi connectivity index (χ3v) is 13.9. The van der Waals surface area contributed by atoms with Crippen LogP contribution in [-0.2, 0) is 32.7 Å². The Morgan fingerprint density at radius 2 is 0.803 bits per heavy atom. The molecule has 1 fully saturated rings. The lowest BCUT2D eigenvalue weighted by atomic mass is 9.85. The van der Waals surface area contributed by atoms with Gasteiger partial charge < -0.3 is 39.9 Å². The van der Waals surface area contributed by atoms with Gasteiger partial charge in [0.1, 0.15) is 43.2 Å². The van der Waals surface area contributed by atoms with Crippen LogP contribution in [0.25, 0.3) is 0 Å². The van der Waals surface area contributed by atoms with E-state index < -0.39 is 75.7 Å². The molecule has 0 aromatic heterocycles. The average molecular weight is 1030 g/mol. The number of esters is 2. The van der Waals surface area contributed by atoms with Crippen LogP contribution in [0.1, 0.15) is 232 Å². The van der Waals surface area contributed by atoms with E-state index in [9.17, 15) is 44.6 Å². The van der Waals surface area contributed by atoms with E-state index in [0.717, 1.165) is 70.6 Å². The van der Waals surface area contributed by atoms with Crippen molar-refractivity contribution in [2.24, 2.45) is 0 Å². The van der Waals surface area contributed by atoms with Gasteiger partial charge in [0.2, 0.25) is 0 Å². The molecule has 1 aliphatic carbocycles. The van der Waals surface area contributed by atoms with Crippen LogP contribution in [0.15, 0.2) is 60.8 Å². The van der Waals surface area contributed by atoms with Gasteiger partial charge in [0.25, 0.3) is 0 Å². The van der Waals surface area contributed by atoms with E-state index in [1.807, 2.05) is 0 Å². The second kappa shape index (κ2) is 46.1. The molecule has 6 unspecified atom stereocenters. The van der Waals surface area contributed by atoms with Crippen molar-refractivity contribution in [3.8, 4) is 0 Å². The summed E-state index contributed by atoms with van der Waals surface area (Å²) in [5.74, 6) is -1.13. The molecule has 0 saturated heterocycles. The number of hydrogen-bond acceptors (Lipinski definition) is 12. The van der Waals surface area contributed by atoms with Gasteiger partial charge in [-0.15, -0.1) is 0 Å². The molecule has 14 heteroatoms. The number of hydrogen-bond donors (Lipinski definition) is 6. The van der Waals surface area contributed by atoms with Crippen molar-refractivity contribution in [3.63, 3.8) is 0 Å². The first-order valence-electron chi connectivity index (χ1n) is 28.1. The highest BCUT2D eigenvalue weighted by Gasteiger charge is 2.51. The van der Waals surface area contributed by atoms with Gasteiger partial charge in [-0.25, -0.2) is 4.57 Å². The van der Waals surface area contributed by atoms with Gasteiger partial charge in [-0.05, 0) is 57.8 Å². The average Bonchev–Trinajstić information content (AvgIpc) is 3.35. The van der Waals surface area contributed by atoms with Crippen molar-refractivity contribution in [1.29, 1.82) is 0 Å². The topological polar surface area (TPSA) is 210 Å². The van der Waals surface area contributed by atoms with Crippen LogP contribution < -0.4 is 0 Å². The van der Waals surface area contributed by atoms with Crippen LogP contribution in [0, 0.1) is 0 Å². The molecule has 0 heterocycles. The lowest BCUT2D eigenvalue weighted by molar-refractivity contribution is -0.220. The number of aliphatic hydroxyl groups excluding tert-OH is 5. The minimum absolute atomic E-state index is 0.0570. The Morgan fingerprint density at radius 3 is 1.23 bits per heavy atom. The maximum Gasteiger partial charge on any atom is 0.472 e. The van der Waals surface area contributed by atoms with E-state index in [-0.39, 0.29) is 12.8 Å². The molecule has 1 rings (SSSR count). The number of rotatable bonds is 47. The first kappa shape index (κ1) is 66.6. The molecule has 0 aliphatic heterocycles. The smallest absolute Gasteiger partial charge is 0.462 e. The Bertz CT molecular complexity index is 1470. The molecule has 6 N–H and O–H groups in total. The minimum Gasteiger partial charge on any atom is -0.462 e. The summed E-state index contributed by atoms with van der Waals surface area (Å²) in [6, 6.07) is 0. The monoisotopic (exact) mass is 1020 g/mol. The molecule has 0 aromatic carbocycles. The Hall–Kier alpha value is -2.45. The quantitative estimate of drug-likeness (QED) is 0.0145. The molecular weight excluding hydrogens is 924 g/mol. The Balaban J connectivity index is 2.36. The fourth-order valence-electron chi connectivity index (χ4n) is 8.43. The van der Waals surface area contributed by atoms with E-state index in [1.165, 1.54) is 122 Å². The number of unbranched alkanes of at least 4 members (excludes halogenated alkanes) is 25. The number of carbonyl (C=O) groups is 2. The third kappa shape index (κ3) is 37.9. The largest absolute Gasteiger partial charge is 0.472 e. The van der Waals surface area contributed by atoms with Crippen LogP contribution in [0.4, 0.5) is 0 Å². The summed E-state index contributed by atoms with van der Waals surface area (Å²) in [5.41, 5.74) is 0. The SMILES string of the molecule is CC/C=C\C/C=C\C/C=C\C/C=C\C/C=C\CCCCCC(=O)OC(COC(=O)CCCCCCCCCCCCCCCCCCCCCCCCC)COP(=O)(O)OC1C(O)C(O)C(O)C(O)C1O. The van der Waals surface area contributed by atoms with Gasteiger partial charge in [-0.3, -0.25) is 18.6 Å². The Labute approximate surface area is 430 Å². The van der Waals surface area contributed by atoms with Crippen molar-refractivity contribution in [2.45, 2.75) is 275 Å². The number of ether oxygens (including phenoxy) is 2. The first-order valence-corrected chi connectivity index (χ1v) is 29.6. The summed E-state index contributed by atoms with van der Waals surface area (Å²) < 4.78 is 33.7. The predicted octanol–water partition coefficient (Wildman–Crippen LogP) is 12.8. The molecule has 0 amide bonds. The zero-order valence-corrected chi connectivity index (χ0v) is 45.2. The third-order valence-electron chi connectivity index (χ3n) is 12.9. The summed E-state index contributed by atoms with van der Waals surface area (Å²) in [6.07, 6.45) is 45.6. The minimum atomic E-state index is -5.14. The van der Waals surface area contributed by atoms with Crippen molar-refractivity contribution in [1.82, 2.24) is 0 Å². The van der Waals surface area contributed by atoms with Gasteiger partial charge in [0, 0.05) is 12.8 Å². The fourth-order valence-corrected chi connectivity index (χ4v) is 9.41. The fraction of sp³-hybridized carbons (Fsp3) is 0.789. The number of carbonyl (C=O) groups excluding carboxylic acids is 2. The summed E-state index contributed by atoms with van der Waals surface area (Å²) in [4.78, 5) is 35.9. The molecule has 412 valence electrons. The molecule has 0 radical (unpaired) electrons. The maximum absolute atomic E-state index is 12.9. The number of allylic oxidation sites excluding steroid dienone is 10. The zero-order chi connectivity index (χ0) is 52.1. The molecule has 13 nitrogen and oxygen atoms in total. The van der Waals surface area contributed by atoms with Gasteiger partial charge in [-0.2, -0.15) is 0 Å².